The highest BCUT2D eigenvalue weighted by molar-refractivity contribution is 5.70. The quantitative estimate of drug-likeness (QED) is 0.917. The molecule has 0 saturated heterocycles. The van der Waals surface area contributed by atoms with Crippen LogP contribution in [-0.2, 0) is 18.3 Å². The van der Waals surface area contributed by atoms with E-state index in [0.29, 0.717) is 6.42 Å². The lowest BCUT2D eigenvalue weighted by Crippen LogP contribution is -2.04. The Morgan fingerprint density at radius 1 is 1.32 bits per heavy atom. The van der Waals surface area contributed by atoms with Crippen LogP contribution in [0.4, 0.5) is 0 Å². The number of hydrogen-bond acceptors (Lipinski definition) is 2. The van der Waals surface area contributed by atoms with Crippen LogP contribution in [0, 0.1) is 13.8 Å². The van der Waals surface area contributed by atoms with Gasteiger partial charge in [0.15, 0.2) is 0 Å². The Morgan fingerprint density at radius 2 is 2.05 bits per heavy atom. The van der Waals surface area contributed by atoms with E-state index in [1.807, 2.05) is 7.05 Å². The smallest absolute Gasteiger partial charge is 0.303 e. The number of carbonyl (C=O) groups is 1. The number of aliphatic carboxylic acids is 1. The largest absolute Gasteiger partial charge is 0.481 e. The molecular formula is C15H18N2O2. The van der Waals surface area contributed by atoms with Crippen molar-refractivity contribution in [2.24, 2.45) is 7.05 Å². The van der Waals surface area contributed by atoms with Crippen molar-refractivity contribution in [3.8, 4) is 11.1 Å². The molecule has 0 radical (unpaired) electrons. The van der Waals surface area contributed by atoms with Gasteiger partial charge in [-0.3, -0.25) is 9.48 Å². The highest BCUT2D eigenvalue weighted by atomic mass is 16.4. The number of carboxylic acids is 1. The van der Waals surface area contributed by atoms with Crippen molar-refractivity contribution in [2.45, 2.75) is 26.7 Å². The molecule has 100 valence electrons. The minimum absolute atomic E-state index is 0.122. The van der Waals surface area contributed by atoms with Crippen LogP contribution >= 0.6 is 0 Å². The Labute approximate surface area is 112 Å². The Morgan fingerprint density at radius 3 is 2.68 bits per heavy atom. The number of aryl methyl sites for hydroxylation is 3. The molecule has 19 heavy (non-hydrogen) atoms. The van der Waals surface area contributed by atoms with E-state index in [1.54, 1.807) is 10.9 Å². The van der Waals surface area contributed by atoms with Crippen molar-refractivity contribution in [1.29, 1.82) is 0 Å². The van der Waals surface area contributed by atoms with E-state index in [-0.39, 0.29) is 6.42 Å². The van der Waals surface area contributed by atoms with Crippen molar-refractivity contribution in [3.05, 3.63) is 41.2 Å². The molecule has 0 amide bonds. The fraction of sp³-hybridized carbons (Fsp3) is 0.333. The standard InChI is InChI=1S/C15H18N2O2/c1-10-4-5-12(8-11(10)2)13-9-16-17(3)14(13)6-7-15(18)19/h4-5,8-9H,6-7H2,1-3H3,(H,18,19). The van der Waals surface area contributed by atoms with Gasteiger partial charge in [0, 0.05) is 24.7 Å². The summed E-state index contributed by atoms with van der Waals surface area (Å²) in [5, 5.41) is 13.1. The van der Waals surface area contributed by atoms with E-state index >= 15 is 0 Å². The third-order valence-corrected chi connectivity index (χ3v) is 3.46. The molecule has 1 aromatic heterocycles. The summed E-state index contributed by atoms with van der Waals surface area (Å²) >= 11 is 0. The normalized spacial score (nSPS) is 10.7. The summed E-state index contributed by atoms with van der Waals surface area (Å²) in [6, 6.07) is 6.26. The van der Waals surface area contributed by atoms with Gasteiger partial charge in [0.25, 0.3) is 0 Å². The lowest BCUT2D eigenvalue weighted by atomic mass is 9.99. The lowest BCUT2D eigenvalue weighted by molar-refractivity contribution is -0.136. The number of nitrogens with zero attached hydrogens (tertiary/aromatic N) is 2. The molecule has 2 rings (SSSR count). The first kappa shape index (κ1) is 13.3. The van der Waals surface area contributed by atoms with E-state index in [0.717, 1.165) is 16.8 Å². The van der Waals surface area contributed by atoms with Crippen LogP contribution in [0.3, 0.4) is 0 Å². The van der Waals surface area contributed by atoms with E-state index in [1.165, 1.54) is 11.1 Å². The molecule has 0 aliphatic carbocycles. The molecule has 0 aliphatic rings. The van der Waals surface area contributed by atoms with Gasteiger partial charge in [0.1, 0.15) is 0 Å². The molecule has 4 heteroatoms. The molecular weight excluding hydrogens is 240 g/mol. The van der Waals surface area contributed by atoms with Gasteiger partial charge in [-0.1, -0.05) is 18.2 Å². The summed E-state index contributed by atoms with van der Waals surface area (Å²) < 4.78 is 1.76. The van der Waals surface area contributed by atoms with Crippen LogP contribution in [0.25, 0.3) is 11.1 Å². The molecule has 0 aliphatic heterocycles. The molecule has 1 heterocycles. The van der Waals surface area contributed by atoms with E-state index in [2.05, 4.69) is 37.1 Å². The van der Waals surface area contributed by atoms with Gasteiger partial charge < -0.3 is 5.11 Å². The van der Waals surface area contributed by atoms with Gasteiger partial charge in [-0.05, 0) is 30.5 Å². The summed E-state index contributed by atoms with van der Waals surface area (Å²) in [5.41, 5.74) is 5.55. The fourth-order valence-corrected chi connectivity index (χ4v) is 2.13. The monoisotopic (exact) mass is 258 g/mol. The Hall–Kier alpha value is -2.10. The van der Waals surface area contributed by atoms with E-state index in [9.17, 15) is 4.79 Å². The molecule has 2 aromatic rings. The average molecular weight is 258 g/mol. The second kappa shape index (κ2) is 5.26. The van der Waals surface area contributed by atoms with Crippen LogP contribution in [0.15, 0.2) is 24.4 Å². The van der Waals surface area contributed by atoms with Crippen LogP contribution in [0.5, 0.6) is 0 Å². The van der Waals surface area contributed by atoms with Gasteiger partial charge in [-0.2, -0.15) is 5.10 Å². The lowest BCUT2D eigenvalue weighted by Gasteiger charge is -2.07. The highest BCUT2D eigenvalue weighted by Crippen LogP contribution is 2.26. The SMILES string of the molecule is Cc1ccc(-c2cnn(C)c2CCC(=O)O)cc1C. The predicted octanol–water partition coefficient (Wildman–Crippen LogP) is 2.72. The molecule has 0 bridgehead atoms. The second-order valence-electron chi connectivity index (χ2n) is 4.82. The van der Waals surface area contributed by atoms with Gasteiger partial charge in [-0.15, -0.1) is 0 Å². The first-order chi connectivity index (χ1) is 8.99. The minimum Gasteiger partial charge on any atom is -0.481 e. The summed E-state index contributed by atoms with van der Waals surface area (Å²) in [5.74, 6) is -0.785. The van der Waals surface area contributed by atoms with Crippen LogP contribution in [0.1, 0.15) is 23.2 Å². The molecule has 0 atom stereocenters. The average Bonchev–Trinajstić information content (AvgIpc) is 2.71. The number of carboxylic acid groups (broad SMARTS) is 1. The zero-order valence-electron chi connectivity index (χ0n) is 11.5. The van der Waals surface area contributed by atoms with Gasteiger partial charge >= 0.3 is 5.97 Å². The number of rotatable bonds is 4. The molecule has 0 fully saturated rings. The van der Waals surface area contributed by atoms with E-state index in [4.69, 9.17) is 5.11 Å². The third kappa shape index (κ3) is 2.84. The van der Waals surface area contributed by atoms with Crippen molar-refractivity contribution in [2.75, 3.05) is 0 Å². The molecule has 0 spiro atoms. The van der Waals surface area contributed by atoms with Crippen molar-refractivity contribution >= 4 is 5.97 Å². The van der Waals surface area contributed by atoms with Crippen LogP contribution in [-0.4, -0.2) is 20.9 Å². The van der Waals surface area contributed by atoms with Gasteiger partial charge in [-0.25, -0.2) is 0 Å². The summed E-state index contributed by atoms with van der Waals surface area (Å²) in [6.07, 6.45) is 2.42. The number of hydrogen-bond donors (Lipinski definition) is 1. The van der Waals surface area contributed by atoms with Crippen molar-refractivity contribution in [3.63, 3.8) is 0 Å². The van der Waals surface area contributed by atoms with E-state index < -0.39 is 5.97 Å². The highest BCUT2D eigenvalue weighted by Gasteiger charge is 2.12. The maximum Gasteiger partial charge on any atom is 0.303 e. The summed E-state index contributed by atoms with van der Waals surface area (Å²) in [4.78, 5) is 10.7. The number of aromatic nitrogens is 2. The number of benzene rings is 1. The zero-order valence-corrected chi connectivity index (χ0v) is 11.5. The minimum atomic E-state index is -0.785. The summed E-state index contributed by atoms with van der Waals surface area (Å²) in [6.45, 7) is 4.15. The Kier molecular flexibility index (Phi) is 3.69. The molecule has 1 N–H and O–H groups in total. The molecule has 4 nitrogen and oxygen atoms in total. The summed E-state index contributed by atoms with van der Waals surface area (Å²) in [7, 11) is 1.85. The predicted molar refractivity (Wildman–Crippen MR) is 74.1 cm³/mol. The maximum atomic E-state index is 10.7. The first-order valence-electron chi connectivity index (χ1n) is 6.29. The van der Waals surface area contributed by atoms with Crippen LogP contribution in [0.2, 0.25) is 0 Å². The van der Waals surface area contributed by atoms with Gasteiger partial charge in [0.2, 0.25) is 0 Å². The Bertz CT molecular complexity index is 615. The van der Waals surface area contributed by atoms with Crippen LogP contribution < -0.4 is 0 Å². The molecule has 0 unspecified atom stereocenters. The van der Waals surface area contributed by atoms with Gasteiger partial charge in [0.05, 0.1) is 12.6 Å². The topological polar surface area (TPSA) is 55.1 Å². The molecule has 0 saturated carbocycles. The Balaban J connectivity index is 2.38. The zero-order chi connectivity index (χ0) is 14.0. The second-order valence-corrected chi connectivity index (χ2v) is 4.82. The van der Waals surface area contributed by atoms with Crippen molar-refractivity contribution in [1.82, 2.24) is 9.78 Å². The fourth-order valence-electron chi connectivity index (χ4n) is 2.13. The third-order valence-electron chi connectivity index (χ3n) is 3.46. The molecule has 1 aromatic carbocycles. The maximum absolute atomic E-state index is 10.7. The van der Waals surface area contributed by atoms with Crippen molar-refractivity contribution < 1.29 is 9.90 Å². The first-order valence-corrected chi connectivity index (χ1v) is 6.29.